The largest absolute Gasteiger partial charge is 0.327 e. The van der Waals surface area contributed by atoms with Crippen LogP contribution in [0.3, 0.4) is 0 Å². The lowest BCUT2D eigenvalue weighted by molar-refractivity contribution is 0.558. The van der Waals surface area contributed by atoms with E-state index >= 15 is 0 Å². The molecule has 0 fully saturated rings. The Kier molecular flexibility index (Phi) is 4.27. The minimum absolute atomic E-state index is 0.218. The van der Waals surface area contributed by atoms with Gasteiger partial charge in [-0.05, 0) is 31.9 Å². The molecule has 0 amide bonds. The fraction of sp³-hybridized carbons (Fsp3) is 0.357. The highest BCUT2D eigenvalue weighted by Gasteiger charge is 2.12. The van der Waals surface area contributed by atoms with E-state index in [0.29, 0.717) is 18.4 Å². The molecule has 19 heavy (non-hydrogen) atoms. The van der Waals surface area contributed by atoms with Gasteiger partial charge >= 0.3 is 0 Å². The molecular formula is C14H16F2N2S. The Hall–Kier alpha value is -1.33. The molecule has 1 unspecified atom stereocenters. The first kappa shape index (κ1) is 14.1. The Morgan fingerprint density at radius 3 is 2.58 bits per heavy atom. The van der Waals surface area contributed by atoms with Crippen LogP contribution in [0.1, 0.15) is 21.1 Å². The van der Waals surface area contributed by atoms with Gasteiger partial charge in [0.15, 0.2) is 0 Å². The summed E-state index contributed by atoms with van der Waals surface area (Å²) in [5.74, 6) is -1.11. The lowest BCUT2D eigenvalue weighted by atomic mass is 10.0. The second-order valence-electron chi connectivity index (χ2n) is 4.65. The van der Waals surface area contributed by atoms with Gasteiger partial charge in [-0.15, -0.1) is 11.3 Å². The van der Waals surface area contributed by atoms with Gasteiger partial charge in [0.2, 0.25) is 0 Å². The summed E-state index contributed by atoms with van der Waals surface area (Å²) in [6, 6.07) is 3.37. The SMILES string of the molecule is Cc1nc(CC(N)Cc2ccc(F)cc2F)sc1C. The van der Waals surface area contributed by atoms with Crippen molar-refractivity contribution in [3.05, 3.63) is 51.0 Å². The Morgan fingerprint density at radius 1 is 1.26 bits per heavy atom. The molecule has 0 radical (unpaired) electrons. The molecule has 2 nitrogen and oxygen atoms in total. The third-order valence-corrected chi connectivity index (χ3v) is 4.10. The second kappa shape index (κ2) is 5.75. The van der Waals surface area contributed by atoms with E-state index in [-0.39, 0.29) is 6.04 Å². The summed E-state index contributed by atoms with van der Waals surface area (Å²) in [6.07, 6.45) is 0.986. The fourth-order valence-corrected chi connectivity index (χ4v) is 2.92. The van der Waals surface area contributed by atoms with Crippen LogP contribution in [0, 0.1) is 25.5 Å². The number of nitrogens with zero attached hydrogens (tertiary/aromatic N) is 1. The molecule has 1 atom stereocenters. The van der Waals surface area contributed by atoms with E-state index in [4.69, 9.17) is 5.73 Å². The molecular weight excluding hydrogens is 266 g/mol. The highest BCUT2D eigenvalue weighted by molar-refractivity contribution is 7.11. The van der Waals surface area contributed by atoms with Crippen molar-refractivity contribution in [2.24, 2.45) is 5.73 Å². The zero-order valence-corrected chi connectivity index (χ0v) is 11.7. The molecule has 102 valence electrons. The average Bonchev–Trinajstić information content (AvgIpc) is 2.62. The summed E-state index contributed by atoms with van der Waals surface area (Å²) in [4.78, 5) is 5.59. The van der Waals surface area contributed by atoms with Crippen molar-refractivity contribution in [2.45, 2.75) is 32.7 Å². The number of nitrogens with two attached hydrogens (primary N) is 1. The number of hydrogen-bond acceptors (Lipinski definition) is 3. The van der Waals surface area contributed by atoms with Crippen LogP contribution in [0.5, 0.6) is 0 Å². The van der Waals surface area contributed by atoms with Gasteiger partial charge in [0, 0.05) is 23.4 Å². The molecule has 2 N–H and O–H groups in total. The Morgan fingerprint density at radius 2 is 2.00 bits per heavy atom. The molecule has 0 aliphatic carbocycles. The van der Waals surface area contributed by atoms with E-state index in [1.165, 1.54) is 17.0 Å². The number of thiazole rings is 1. The highest BCUT2D eigenvalue weighted by Crippen LogP contribution is 2.19. The van der Waals surface area contributed by atoms with Crippen molar-refractivity contribution < 1.29 is 8.78 Å². The number of rotatable bonds is 4. The van der Waals surface area contributed by atoms with Gasteiger partial charge in [-0.1, -0.05) is 6.07 Å². The summed E-state index contributed by atoms with van der Waals surface area (Å²) in [6.45, 7) is 3.97. The summed E-state index contributed by atoms with van der Waals surface area (Å²) in [5.41, 5.74) is 7.47. The Labute approximate surface area is 115 Å². The van der Waals surface area contributed by atoms with Crippen LogP contribution in [0.15, 0.2) is 18.2 Å². The first-order valence-electron chi connectivity index (χ1n) is 6.08. The van der Waals surface area contributed by atoms with Crippen molar-refractivity contribution in [3.63, 3.8) is 0 Å². The summed E-state index contributed by atoms with van der Waals surface area (Å²) in [5, 5.41) is 0.963. The number of aryl methyl sites for hydroxylation is 2. The molecule has 0 saturated heterocycles. The second-order valence-corrected chi connectivity index (χ2v) is 5.94. The molecule has 5 heteroatoms. The van der Waals surface area contributed by atoms with E-state index < -0.39 is 11.6 Å². The van der Waals surface area contributed by atoms with Crippen LogP contribution in [-0.4, -0.2) is 11.0 Å². The van der Waals surface area contributed by atoms with E-state index in [2.05, 4.69) is 4.98 Å². The summed E-state index contributed by atoms with van der Waals surface area (Å²) >= 11 is 1.62. The van der Waals surface area contributed by atoms with Crippen LogP contribution in [0.4, 0.5) is 8.78 Å². The molecule has 0 spiro atoms. The van der Waals surface area contributed by atoms with E-state index in [1.54, 1.807) is 11.3 Å². The van der Waals surface area contributed by atoms with Crippen molar-refractivity contribution in [1.82, 2.24) is 4.98 Å². The quantitative estimate of drug-likeness (QED) is 0.935. The molecule has 1 heterocycles. The van der Waals surface area contributed by atoms with Crippen LogP contribution in [0.25, 0.3) is 0 Å². The maximum absolute atomic E-state index is 13.5. The van der Waals surface area contributed by atoms with Crippen LogP contribution in [-0.2, 0) is 12.8 Å². The molecule has 1 aromatic carbocycles. The summed E-state index contributed by atoms with van der Waals surface area (Å²) < 4.78 is 26.3. The Bertz CT molecular complexity index is 561. The lowest BCUT2D eigenvalue weighted by Crippen LogP contribution is -2.26. The van der Waals surface area contributed by atoms with Gasteiger partial charge < -0.3 is 5.73 Å². The topological polar surface area (TPSA) is 38.9 Å². The zero-order chi connectivity index (χ0) is 14.0. The normalized spacial score (nSPS) is 12.7. The van der Waals surface area contributed by atoms with Gasteiger partial charge in [0.1, 0.15) is 11.6 Å². The first-order chi connectivity index (χ1) is 8.95. The predicted octanol–water partition coefficient (Wildman–Crippen LogP) is 3.15. The number of halogens is 2. The molecule has 2 rings (SSSR count). The highest BCUT2D eigenvalue weighted by atomic mass is 32.1. The standard InChI is InChI=1S/C14H16F2N2S/c1-8-9(2)19-14(18-8)7-12(17)5-10-3-4-11(15)6-13(10)16/h3-4,6,12H,5,7,17H2,1-2H3. The monoisotopic (exact) mass is 282 g/mol. The number of hydrogen-bond donors (Lipinski definition) is 1. The van der Waals surface area contributed by atoms with Gasteiger partial charge in [-0.2, -0.15) is 0 Å². The summed E-state index contributed by atoms with van der Waals surface area (Å²) in [7, 11) is 0. The molecule has 0 saturated carbocycles. The fourth-order valence-electron chi connectivity index (χ4n) is 1.89. The maximum atomic E-state index is 13.5. The van der Waals surface area contributed by atoms with Gasteiger partial charge in [-0.3, -0.25) is 0 Å². The zero-order valence-electron chi connectivity index (χ0n) is 10.9. The smallest absolute Gasteiger partial charge is 0.129 e. The van der Waals surface area contributed by atoms with Gasteiger partial charge in [0.05, 0.1) is 10.7 Å². The third-order valence-electron chi connectivity index (χ3n) is 3.01. The van der Waals surface area contributed by atoms with E-state index in [0.717, 1.165) is 16.8 Å². The van der Waals surface area contributed by atoms with Crippen LogP contribution in [0.2, 0.25) is 0 Å². The minimum atomic E-state index is -0.569. The van der Waals surface area contributed by atoms with Gasteiger partial charge in [-0.25, -0.2) is 13.8 Å². The molecule has 0 bridgehead atoms. The van der Waals surface area contributed by atoms with Crippen molar-refractivity contribution in [2.75, 3.05) is 0 Å². The third kappa shape index (κ3) is 3.58. The minimum Gasteiger partial charge on any atom is -0.327 e. The van der Waals surface area contributed by atoms with Crippen molar-refractivity contribution in [1.29, 1.82) is 0 Å². The number of aromatic nitrogens is 1. The molecule has 0 aliphatic heterocycles. The first-order valence-corrected chi connectivity index (χ1v) is 6.89. The average molecular weight is 282 g/mol. The van der Waals surface area contributed by atoms with Crippen LogP contribution >= 0.6 is 11.3 Å². The lowest BCUT2D eigenvalue weighted by Gasteiger charge is -2.10. The van der Waals surface area contributed by atoms with E-state index in [1.807, 2.05) is 13.8 Å². The van der Waals surface area contributed by atoms with Crippen LogP contribution < -0.4 is 5.73 Å². The Balaban J connectivity index is 2.02. The number of benzene rings is 1. The maximum Gasteiger partial charge on any atom is 0.129 e. The molecule has 1 aromatic heterocycles. The van der Waals surface area contributed by atoms with Crippen molar-refractivity contribution >= 4 is 11.3 Å². The van der Waals surface area contributed by atoms with Gasteiger partial charge in [0.25, 0.3) is 0 Å². The molecule has 2 aromatic rings. The van der Waals surface area contributed by atoms with E-state index in [9.17, 15) is 8.78 Å². The molecule has 0 aliphatic rings. The predicted molar refractivity (Wildman–Crippen MR) is 73.3 cm³/mol. The van der Waals surface area contributed by atoms with Crippen molar-refractivity contribution in [3.8, 4) is 0 Å².